The summed E-state index contributed by atoms with van der Waals surface area (Å²) in [5.74, 6) is -0.0339. The van der Waals surface area contributed by atoms with Gasteiger partial charge < -0.3 is 4.74 Å². The molecule has 0 N–H and O–H groups in total. The standard InChI is InChI=1S/C22H14F2INO/c23-18-8-5-15(6-9-18)14-27-22-10-7-16(12-21(22)25)11-17(13-26)19-3-1-2-4-20(19)24/h1-12H,14H2. The Kier molecular flexibility index (Phi) is 6.20. The average Bonchev–Trinajstić information content (AvgIpc) is 2.67. The number of hydrogen-bond donors (Lipinski definition) is 0. The minimum atomic E-state index is -0.431. The molecule has 0 saturated heterocycles. The maximum atomic E-state index is 13.9. The topological polar surface area (TPSA) is 33.0 Å². The Morgan fingerprint density at radius 3 is 2.44 bits per heavy atom. The number of nitriles is 1. The zero-order valence-corrected chi connectivity index (χ0v) is 16.3. The van der Waals surface area contributed by atoms with Crippen molar-refractivity contribution in [2.75, 3.05) is 0 Å². The second-order valence-corrected chi connectivity index (χ2v) is 6.92. The van der Waals surface area contributed by atoms with Gasteiger partial charge in [-0.05, 0) is 70.1 Å². The summed E-state index contributed by atoms with van der Waals surface area (Å²) in [5, 5.41) is 9.38. The second kappa shape index (κ2) is 8.78. The molecule has 0 amide bonds. The summed E-state index contributed by atoms with van der Waals surface area (Å²) in [4.78, 5) is 0. The van der Waals surface area contributed by atoms with Crippen molar-refractivity contribution < 1.29 is 13.5 Å². The van der Waals surface area contributed by atoms with Crippen molar-refractivity contribution in [1.29, 1.82) is 5.26 Å². The van der Waals surface area contributed by atoms with E-state index in [0.29, 0.717) is 12.4 Å². The first kappa shape index (κ1) is 19.1. The lowest BCUT2D eigenvalue weighted by Gasteiger charge is -2.09. The number of rotatable bonds is 5. The number of allylic oxidation sites excluding steroid dienone is 1. The second-order valence-electron chi connectivity index (χ2n) is 5.75. The third-order valence-electron chi connectivity index (χ3n) is 3.86. The van der Waals surface area contributed by atoms with Gasteiger partial charge in [-0.3, -0.25) is 0 Å². The highest BCUT2D eigenvalue weighted by atomic mass is 127. The van der Waals surface area contributed by atoms with Crippen molar-refractivity contribution in [3.8, 4) is 11.8 Å². The minimum absolute atomic E-state index is 0.254. The molecule has 0 saturated carbocycles. The predicted molar refractivity (Wildman–Crippen MR) is 110 cm³/mol. The lowest BCUT2D eigenvalue weighted by molar-refractivity contribution is 0.304. The van der Waals surface area contributed by atoms with Crippen molar-refractivity contribution in [2.24, 2.45) is 0 Å². The van der Waals surface area contributed by atoms with E-state index in [1.807, 2.05) is 12.1 Å². The Bertz CT molecular complexity index is 1020. The first-order valence-corrected chi connectivity index (χ1v) is 9.18. The zero-order chi connectivity index (χ0) is 19.2. The predicted octanol–water partition coefficient (Wildman–Crippen LogP) is 6.21. The Balaban J connectivity index is 1.78. The van der Waals surface area contributed by atoms with Crippen LogP contribution in [0.15, 0.2) is 66.7 Å². The Labute approximate surface area is 169 Å². The van der Waals surface area contributed by atoms with Crippen LogP contribution in [0.3, 0.4) is 0 Å². The van der Waals surface area contributed by atoms with Crippen molar-refractivity contribution >= 4 is 34.2 Å². The van der Waals surface area contributed by atoms with Gasteiger partial charge in [-0.1, -0.05) is 36.4 Å². The third-order valence-corrected chi connectivity index (χ3v) is 4.70. The molecule has 0 aliphatic rings. The summed E-state index contributed by atoms with van der Waals surface area (Å²) < 4.78 is 33.5. The summed E-state index contributed by atoms with van der Waals surface area (Å²) in [6.45, 7) is 0.324. The maximum absolute atomic E-state index is 13.9. The molecule has 0 radical (unpaired) electrons. The lowest BCUT2D eigenvalue weighted by atomic mass is 10.0. The molecule has 134 valence electrons. The number of benzene rings is 3. The number of ether oxygens (including phenoxy) is 1. The summed E-state index contributed by atoms with van der Waals surface area (Å²) in [6.07, 6.45) is 1.64. The fraction of sp³-hybridized carbons (Fsp3) is 0.0455. The monoisotopic (exact) mass is 473 g/mol. The highest BCUT2D eigenvalue weighted by molar-refractivity contribution is 14.1. The van der Waals surface area contributed by atoms with Gasteiger partial charge in [-0.25, -0.2) is 8.78 Å². The van der Waals surface area contributed by atoms with Gasteiger partial charge in [0.15, 0.2) is 0 Å². The molecule has 0 unspecified atom stereocenters. The Hall–Kier alpha value is -2.72. The van der Waals surface area contributed by atoms with Crippen LogP contribution < -0.4 is 4.74 Å². The first-order chi connectivity index (χ1) is 13.1. The van der Waals surface area contributed by atoms with Gasteiger partial charge >= 0.3 is 0 Å². The van der Waals surface area contributed by atoms with Crippen molar-refractivity contribution in [3.63, 3.8) is 0 Å². The van der Waals surface area contributed by atoms with Crippen LogP contribution in [0.5, 0.6) is 5.75 Å². The molecule has 0 spiro atoms. The highest BCUT2D eigenvalue weighted by Crippen LogP contribution is 2.26. The fourth-order valence-electron chi connectivity index (χ4n) is 2.48. The lowest BCUT2D eigenvalue weighted by Crippen LogP contribution is -1.97. The molecule has 5 heteroatoms. The van der Waals surface area contributed by atoms with Crippen LogP contribution in [0.2, 0.25) is 0 Å². The molecule has 0 atom stereocenters. The molecule has 0 heterocycles. The zero-order valence-electron chi connectivity index (χ0n) is 14.1. The van der Waals surface area contributed by atoms with E-state index in [2.05, 4.69) is 22.6 Å². The van der Waals surface area contributed by atoms with E-state index in [0.717, 1.165) is 14.7 Å². The van der Waals surface area contributed by atoms with Crippen molar-refractivity contribution in [1.82, 2.24) is 0 Å². The van der Waals surface area contributed by atoms with Crippen LogP contribution in [0.4, 0.5) is 8.78 Å². The Morgan fingerprint density at radius 1 is 1.04 bits per heavy atom. The molecular formula is C22H14F2INO. The van der Waals surface area contributed by atoms with Gasteiger partial charge in [0.2, 0.25) is 0 Å². The van der Waals surface area contributed by atoms with E-state index in [-0.39, 0.29) is 17.0 Å². The molecule has 0 fully saturated rings. The summed E-state index contributed by atoms with van der Waals surface area (Å²) in [5.41, 5.74) is 2.16. The van der Waals surface area contributed by atoms with Crippen LogP contribution in [0.25, 0.3) is 11.6 Å². The minimum Gasteiger partial charge on any atom is -0.488 e. The van der Waals surface area contributed by atoms with E-state index < -0.39 is 5.82 Å². The van der Waals surface area contributed by atoms with Crippen LogP contribution in [-0.2, 0) is 6.61 Å². The van der Waals surface area contributed by atoms with E-state index in [9.17, 15) is 14.0 Å². The van der Waals surface area contributed by atoms with Crippen LogP contribution in [0.1, 0.15) is 16.7 Å². The molecule has 3 aromatic carbocycles. The van der Waals surface area contributed by atoms with E-state index in [4.69, 9.17) is 4.74 Å². The molecule has 3 rings (SSSR count). The average molecular weight is 473 g/mol. The van der Waals surface area contributed by atoms with Crippen molar-refractivity contribution in [3.05, 3.63) is 98.6 Å². The van der Waals surface area contributed by atoms with Gasteiger partial charge in [0.1, 0.15) is 24.0 Å². The van der Waals surface area contributed by atoms with Crippen LogP contribution in [-0.4, -0.2) is 0 Å². The van der Waals surface area contributed by atoms with E-state index in [1.54, 1.807) is 48.5 Å². The molecule has 27 heavy (non-hydrogen) atoms. The summed E-state index contributed by atoms with van der Waals surface area (Å²) in [7, 11) is 0. The highest BCUT2D eigenvalue weighted by Gasteiger charge is 2.08. The maximum Gasteiger partial charge on any atom is 0.133 e. The molecule has 0 aliphatic carbocycles. The number of hydrogen-bond acceptors (Lipinski definition) is 2. The molecular weight excluding hydrogens is 459 g/mol. The molecule has 0 aromatic heterocycles. The Morgan fingerprint density at radius 2 is 1.78 bits per heavy atom. The summed E-state index contributed by atoms with van der Waals surface area (Å²) in [6, 6.07) is 19.8. The van der Waals surface area contributed by atoms with Crippen LogP contribution in [0, 0.1) is 26.5 Å². The number of halogens is 3. The van der Waals surface area contributed by atoms with Gasteiger partial charge in [-0.15, -0.1) is 0 Å². The van der Waals surface area contributed by atoms with Gasteiger partial charge in [-0.2, -0.15) is 5.26 Å². The smallest absolute Gasteiger partial charge is 0.133 e. The van der Waals surface area contributed by atoms with Gasteiger partial charge in [0.05, 0.1) is 15.2 Å². The number of nitrogens with zero attached hydrogens (tertiary/aromatic N) is 1. The third kappa shape index (κ3) is 4.92. The summed E-state index contributed by atoms with van der Waals surface area (Å²) >= 11 is 2.14. The van der Waals surface area contributed by atoms with E-state index >= 15 is 0 Å². The SMILES string of the molecule is N#CC(=Cc1ccc(OCc2ccc(F)cc2)c(I)c1)c1ccccc1F. The molecule has 0 bridgehead atoms. The normalized spacial score (nSPS) is 11.1. The fourth-order valence-corrected chi connectivity index (χ4v) is 3.18. The van der Waals surface area contributed by atoms with E-state index in [1.165, 1.54) is 18.2 Å². The molecule has 3 aromatic rings. The molecule has 2 nitrogen and oxygen atoms in total. The van der Waals surface area contributed by atoms with Gasteiger partial charge in [0.25, 0.3) is 0 Å². The largest absolute Gasteiger partial charge is 0.488 e. The van der Waals surface area contributed by atoms with Crippen molar-refractivity contribution in [2.45, 2.75) is 6.61 Å². The first-order valence-electron chi connectivity index (χ1n) is 8.10. The van der Waals surface area contributed by atoms with Gasteiger partial charge in [0, 0.05) is 5.56 Å². The quantitative estimate of drug-likeness (QED) is 0.251. The molecule has 0 aliphatic heterocycles. The van der Waals surface area contributed by atoms with Crippen LogP contribution >= 0.6 is 22.6 Å².